The largest absolute Gasteiger partial charge is 1.00 e. The molecule has 0 unspecified atom stereocenters. The molecule has 0 saturated carbocycles. The van der Waals surface area contributed by atoms with E-state index in [9.17, 15) is 0 Å². The average Bonchev–Trinajstić information content (AvgIpc) is 0.918. The summed E-state index contributed by atoms with van der Waals surface area (Å²) in [4.78, 5) is 0. The van der Waals surface area contributed by atoms with Crippen molar-refractivity contribution in [2.24, 2.45) is 0 Å². The number of rotatable bonds is 0. The number of hydrogen-bond acceptors (Lipinski definition) is 2. The van der Waals surface area contributed by atoms with Gasteiger partial charge < -0.3 is 0 Å². The van der Waals surface area contributed by atoms with E-state index in [1.807, 2.05) is 0 Å². The van der Waals surface area contributed by atoms with E-state index in [0.29, 0.717) is 0 Å². The van der Waals surface area contributed by atoms with E-state index in [1.165, 1.54) is 0 Å². The molecule has 0 aliphatic rings. The van der Waals surface area contributed by atoms with Crippen LogP contribution in [0.3, 0.4) is 0 Å². The van der Waals surface area contributed by atoms with Crippen molar-refractivity contribution in [1.82, 2.24) is 0 Å². The molecule has 0 fully saturated rings. The Balaban J connectivity index is 0. The molecule has 0 rings (SSSR count). The van der Waals surface area contributed by atoms with Gasteiger partial charge in [0.25, 0.3) is 0 Å². The molecule has 0 aliphatic heterocycles. The van der Waals surface area contributed by atoms with Crippen LogP contribution >= 0.6 is 0 Å². The fraction of sp³-hybridized carbons (Fsp3) is 0. The monoisotopic (exact) mass is 240 g/mol. The van der Waals surface area contributed by atoms with E-state index in [0.717, 1.165) is 0 Å². The summed E-state index contributed by atoms with van der Waals surface area (Å²) in [7, 11) is -0.500. The molecule has 0 saturated heterocycles. The van der Waals surface area contributed by atoms with Crippen molar-refractivity contribution in [3.8, 4) is 0 Å². The second-order valence-electron chi connectivity index (χ2n) is 0.0962. The van der Waals surface area contributed by atoms with Crippen LogP contribution in [0.4, 0.5) is 0 Å². The molecule has 0 bridgehead atoms. The molecule has 0 aromatic rings. The molecule has 0 amide bonds. The summed E-state index contributed by atoms with van der Waals surface area (Å²) in [6.45, 7) is 0. The molecule has 0 aromatic carbocycles. The Morgan fingerprint density at radius 3 is 1.75 bits per heavy atom. The van der Waals surface area contributed by atoms with Crippen LogP contribution < -0.4 is 5.02 Å². The molecule has 4 heteroatoms. The first-order chi connectivity index (χ1) is 1.41. The van der Waals surface area contributed by atoms with Gasteiger partial charge in [-0.2, -0.15) is 0 Å². The third-order valence-corrected chi connectivity index (χ3v) is 0. The first-order valence-corrected chi connectivity index (χ1v) is 0.471. The summed E-state index contributed by atoms with van der Waals surface area (Å²) < 4.78 is 8.25. The maximum Gasteiger partial charge on any atom is 1.00 e. The predicted molar refractivity (Wildman–Crippen MR) is 6.44 cm³/mol. The summed E-state index contributed by atoms with van der Waals surface area (Å²) in [6.07, 6.45) is 0. The van der Waals surface area contributed by atoms with E-state index in [2.05, 4.69) is 0 Å². The molecule has 0 heterocycles. The summed E-state index contributed by atoms with van der Waals surface area (Å²) in [5, 5.41) is 8.25. The first kappa shape index (κ1) is 8.83. The van der Waals surface area contributed by atoms with Gasteiger partial charge in [-0.05, 0) is 0 Å². The van der Waals surface area contributed by atoms with Crippen molar-refractivity contribution in [3.05, 3.63) is 0 Å². The van der Waals surface area contributed by atoms with Crippen LogP contribution in [0.15, 0.2) is 0 Å². The predicted octanol–water partition coefficient (Wildman–Crippen LogP) is -1.69. The van der Waals surface area contributed by atoms with Crippen LogP contribution in [0.1, 0.15) is 0 Å². The Bertz CT molecular complexity index is 13.5. The van der Waals surface area contributed by atoms with E-state index >= 15 is 0 Å². The van der Waals surface area contributed by atoms with Gasteiger partial charge in [-0.1, -0.05) is 0 Å². The minimum Gasteiger partial charge on any atom is 1.00 e. The van der Waals surface area contributed by atoms with Crippen molar-refractivity contribution in [2.45, 2.75) is 0 Å². The first-order valence-electron chi connectivity index (χ1n) is 0.471. The van der Waals surface area contributed by atoms with Crippen molar-refractivity contribution in [3.63, 3.8) is 0 Å². The SMILES string of the molecule is O=B[O-].[Au+]. The van der Waals surface area contributed by atoms with E-state index in [4.69, 9.17) is 9.73 Å². The molecule has 0 atom stereocenters. The summed E-state index contributed by atoms with van der Waals surface area (Å²) in [6, 6.07) is 0. The van der Waals surface area contributed by atoms with Gasteiger partial charge in [0.2, 0.25) is 0 Å². The molecular weight excluding hydrogens is 240 g/mol. The molecule has 0 N–H and O–H groups in total. The van der Waals surface area contributed by atoms with Crippen LogP contribution in [-0.4, -0.2) is 7.35 Å². The fourth-order valence-electron chi connectivity index (χ4n) is 0. The van der Waals surface area contributed by atoms with Gasteiger partial charge in [0, 0.05) is 0 Å². The van der Waals surface area contributed by atoms with E-state index in [1.54, 1.807) is 0 Å². The number of hydrogen-bond donors (Lipinski definition) is 0. The second kappa shape index (κ2) is 9.98. The van der Waals surface area contributed by atoms with Gasteiger partial charge in [0.05, 0.1) is 0 Å². The second-order valence-corrected chi connectivity index (χ2v) is 0.0962. The van der Waals surface area contributed by atoms with Gasteiger partial charge in [-0.3, -0.25) is 0 Å². The zero-order valence-electron chi connectivity index (χ0n) is 1.70. The topological polar surface area (TPSA) is 40.1 Å². The summed E-state index contributed by atoms with van der Waals surface area (Å²) in [5.74, 6) is 0. The molecule has 26 valence electrons. The third kappa shape index (κ3) is 28.9. The van der Waals surface area contributed by atoms with Gasteiger partial charge in [-0.15, -0.1) is 0 Å². The van der Waals surface area contributed by atoms with Gasteiger partial charge in [0.15, 0.2) is 0 Å². The minimum atomic E-state index is -0.500. The third-order valence-electron chi connectivity index (χ3n) is 0. The van der Waals surface area contributed by atoms with E-state index < -0.39 is 7.35 Å². The van der Waals surface area contributed by atoms with Crippen molar-refractivity contribution in [2.75, 3.05) is 0 Å². The smallest absolute Gasteiger partial charge is 1.00 e. The van der Waals surface area contributed by atoms with Crippen LogP contribution in [0.5, 0.6) is 0 Å². The Kier molecular flexibility index (Phi) is 22.0. The molecule has 0 aromatic heterocycles. The van der Waals surface area contributed by atoms with Crippen molar-refractivity contribution < 1.29 is 32.1 Å². The van der Waals surface area contributed by atoms with Crippen molar-refractivity contribution >= 4 is 7.35 Å². The Hall–Kier alpha value is 0.405. The molecule has 4 heavy (non-hydrogen) atoms. The quantitative estimate of drug-likeness (QED) is 0.474. The maximum atomic E-state index is 8.25. The van der Waals surface area contributed by atoms with Crippen LogP contribution in [0.2, 0.25) is 0 Å². The zero-order valence-corrected chi connectivity index (χ0v) is 3.86. The van der Waals surface area contributed by atoms with Crippen molar-refractivity contribution in [1.29, 1.82) is 0 Å². The minimum absolute atomic E-state index is 0. The normalized spacial score (nSPS) is 2.00. The van der Waals surface area contributed by atoms with E-state index in [-0.39, 0.29) is 22.4 Å². The van der Waals surface area contributed by atoms with Gasteiger partial charge in [0.1, 0.15) is 0 Å². The van der Waals surface area contributed by atoms with Gasteiger partial charge >= 0.3 is 39.5 Å². The Morgan fingerprint density at radius 1 is 1.75 bits per heavy atom. The fourth-order valence-corrected chi connectivity index (χ4v) is 0. The molecular formula is AuBO2. The van der Waals surface area contributed by atoms with Gasteiger partial charge in [-0.25, -0.2) is 0 Å². The van der Waals surface area contributed by atoms with Crippen LogP contribution in [0, 0.1) is 0 Å². The Labute approximate surface area is 40.0 Å². The van der Waals surface area contributed by atoms with Crippen LogP contribution in [-0.2, 0) is 27.1 Å². The maximum absolute atomic E-state index is 8.25. The molecule has 0 radical (unpaired) electrons. The Morgan fingerprint density at radius 2 is 1.75 bits per heavy atom. The zero-order chi connectivity index (χ0) is 2.71. The average molecular weight is 240 g/mol. The molecule has 2 nitrogen and oxygen atoms in total. The molecule has 0 aliphatic carbocycles. The standard InChI is InChI=1S/Au.BO2/c;2-1-3/q+1;-1. The summed E-state index contributed by atoms with van der Waals surface area (Å²) >= 11 is 0. The van der Waals surface area contributed by atoms with Crippen LogP contribution in [0.25, 0.3) is 0 Å². The molecule has 0 spiro atoms. The summed E-state index contributed by atoms with van der Waals surface area (Å²) in [5.41, 5.74) is 0.